The Morgan fingerprint density at radius 3 is 1.75 bits per heavy atom. The van der Waals surface area contributed by atoms with Crippen LogP contribution in [-0.4, -0.2) is 4.57 Å². The van der Waals surface area contributed by atoms with Gasteiger partial charge in [-0.2, -0.15) is 0 Å². The highest BCUT2D eigenvalue weighted by molar-refractivity contribution is 7.70. The van der Waals surface area contributed by atoms with Gasteiger partial charge >= 0.3 is 0 Å². The minimum Gasteiger partial charge on any atom is -0.309 e. The van der Waals surface area contributed by atoms with Gasteiger partial charge in [0.1, 0.15) is 8.22 Å². The molecule has 2 aliphatic rings. The summed E-state index contributed by atoms with van der Waals surface area (Å²) in [5, 5.41) is 3.87. The molecule has 10 rings (SSSR count). The first kappa shape index (κ1) is 30.7. The quantitative estimate of drug-likeness (QED) is 0.161. The molecule has 3 nitrogen and oxygen atoms in total. The minimum absolute atomic E-state index is 0.943. The molecule has 0 spiro atoms. The number of hydrogen-bond acceptors (Lipinski definition) is 2. The summed E-state index contributed by atoms with van der Waals surface area (Å²) < 4.78 is 7.50. The molecule has 0 saturated heterocycles. The summed E-state index contributed by atoms with van der Waals surface area (Å²) >= 11 is 0. The Labute approximate surface area is 305 Å². The molecule has 2 heterocycles. The summed E-state index contributed by atoms with van der Waals surface area (Å²) in [4.78, 5) is 0. The lowest BCUT2D eigenvalue weighted by Crippen LogP contribution is -2.21. The largest absolute Gasteiger partial charge is 0.309 e. The van der Waals surface area contributed by atoms with E-state index in [4.69, 9.17) is 0 Å². The maximum absolute atomic E-state index is 2.55. The van der Waals surface area contributed by atoms with Crippen LogP contribution >= 0.6 is 8.22 Å². The molecule has 0 bridgehead atoms. The second-order valence-electron chi connectivity index (χ2n) is 13.4. The maximum atomic E-state index is 2.55. The molecular weight excluding hydrogens is 650 g/mol. The van der Waals surface area contributed by atoms with Crippen LogP contribution in [0.4, 0.5) is 22.7 Å². The van der Waals surface area contributed by atoms with Gasteiger partial charge in [0.2, 0.25) is 0 Å². The summed E-state index contributed by atoms with van der Waals surface area (Å²) in [6, 6.07) is 64.4. The summed E-state index contributed by atoms with van der Waals surface area (Å²) in [5.74, 6) is 0. The number of rotatable bonds is 6. The van der Waals surface area contributed by atoms with Crippen molar-refractivity contribution in [2.24, 2.45) is 0 Å². The average Bonchev–Trinajstić information content (AvgIpc) is 3.75. The van der Waals surface area contributed by atoms with E-state index >= 15 is 0 Å². The number of nitrogens with zero attached hydrogens (tertiary/aromatic N) is 3. The highest BCUT2D eigenvalue weighted by atomic mass is 31.1. The fourth-order valence-corrected chi connectivity index (χ4v) is 10.4. The number of aromatic nitrogens is 1. The maximum Gasteiger partial charge on any atom is 0.138 e. The molecule has 7 aromatic carbocycles. The fourth-order valence-electron chi connectivity index (χ4n) is 7.83. The fraction of sp³-hybridized carbons (Fsp3) is 0.0417. The molecule has 1 atom stereocenters. The van der Waals surface area contributed by atoms with E-state index in [1.807, 2.05) is 0 Å². The lowest BCUT2D eigenvalue weighted by Gasteiger charge is -2.32. The van der Waals surface area contributed by atoms with Crippen molar-refractivity contribution in [3.8, 4) is 16.8 Å². The van der Waals surface area contributed by atoms with Gasteiger partial charge in [0.25, 0.3) is 0 Å². The summed E-state index contributed by atoms with van der Waals surface area (Å²) in [5.41, 5.74) is 13.4. The van der Waals surface area contributed by atoms with Crippen LogP contribution in [0.25, 0.3) is 44.2 Å². The van der Waals surface area contributed by atoms with Crippen LogP contribution in [-0.2, 0) is 0 Å². The van der Waals surface area contributed by atoms with Crippen molar-refractivity contribution >= 4 is 63.7 Å². The van der Waals surface area contributed by atoms with Crippen LogP contribution in [0.1, 0.15) is 18.4 Å². The van der Waals surface area contributed by atoms with Crippen LogP contribution in [0, 0.1) is 0 Å². The van der Waals surface area contributed by atoms with Gasteiger partial charge in [-0.1, -0.05) is 127 Å². The summed E-state index contributed by atoms with van der Waals surface area (Å²) in [7, 11) is -0.943. The molecule has 8 aromatic rings. The van der Waals surface area contributed by atoms with Crippen molar-refractivity contribution in [2.75, 3.05) is 9.34 Å². The van der Waals surface area contributed by atoms with Crippen molar-refractivity contribution in [3.63, 3.8) is 0 Å². The van der Waals surface area contributed by atoms with Crippen LogP contribution in [0.15, 0.2) is 194 Å². The third kappa shape index (κ3) is 5.17. The Morgan fingerprint density at radius 2 is 1.04 bits per heavy atom. The zero-order valence-electron chi connectivity index (χ0n) is 28.7. The molecule has 1 unspecified atom stereocenters. The lowest BCUT2D eigenvalue weighted by atomic mass is 9.98. The predicted molar refractivity (Wildman–Crippen MR) is 223 cm³/mol. The SMILES string of the molecule is C1=CC(c2ccc3c(c2)c2ccccc2n3-c2ccc(-c3ccc4c(c3)N(c3ccccc3)P(c3ccccc3)N4c3ccccc3)cc2)=CCC1. The monoisotopic (exact) mass is 685 g/mol. The Kier molecular flexibility index (Phi) is 7.59. The molecule has 52 heavy (non-hydrogen) atoms. The number of anilines is 4. The van der Waals surface area contributed by atoms with E-state index in [0.717, 1.165) is 18.5 Å². The van der Waals surface area contributed by atoms with E-state index in [1.165, 1.54) is 72.1 Å². The first-order valence-electron chi connectivity index (χ1n) is 18.0. The molecule has 1 aliphatic heterocycles. The molecule has 0 N–H and O–H groups in total. The molecule has 1 aliphatic carbocycles. The van der Waals surface area contributed by atoms with E-state index in [0.29, 0.717) is 0 Å². The van der Waals surface area contributed by atoms with E-state index in [-0.39, 0.29) is 0 Å². The van der Waals surface area contributed by atoms with E-state index < -0.39 is 8.22 Å². The summed E-state index contributed by atoms with van der Waals surface area (Å²) in [6.45, 7) is 0. The standard InChI is InChI=1S/C48H36N3P/c1-5-15-35(16-6-1)37-27-31-46-44(33-37)43-23-13-14-24-45(43)49(46)39-29-25-36(26-30-39)38-28-32-47-48(34-38)51(41-19-9-3-10-20-41)52(42-21-11-4-12-22-42)50(47)40-17-7-2-8-18-40/h2-5,7-34H,1,6H2. The molecule has 0 fully saturated rings. The molecule has 0 radical (unpaired) electrons. The van der Waals surface area contributed by atoms with Gasteiger partial charge in [0.05, 0.1) is 22.4 Å². The molecule has 4 heteroatoms. The molecule has 0 saturated carbocycles. The Balaban J connectivity index is 1.08. The van der Waals surface area contributed by atoms with Gasteiger partial charge in [-0.05, 0) is 102 Å². The smallest absolute Gasteiger partial charge is 0.138 e. The second-order valence-corrected chi connectivity index (χ2v) is 15.3. The Morgan fingerprint density at radius 1 is 0.423 bits per heavy atom. The van der Waals surface area contributed by atoms with E-state index in [2.05, 4.69) is 208 Å². The van der Waals surface area contributed by atoms with Gasteiger partial charge in [-0.3, -0.25) is 9.34 Å². The highest BCUT2D eigenvalue weighted by Gasteiger charge is 2.39. The van der Waals surface area contributed by atoms with Gasteiger partial charge in [0.15, 0.2) is 0 Å². The van der Waals surface area contributed by atoms with Crippen molar-refractivity contribution < 1.29 is 0 Å². The second kappa shape index (κ2) is 12.9. The zero-order valence-corrected chi connectivity index (χ0v) is 29.6. The van der Waals surface area contributed by atoms with Crippen molar-refractivity contribution in [3.05, 3.63) is 200 Å². The highest BCUT2D eigenvalue weighted by Crippen LogP contribution is 2.65. The number of hydrogen-bond donors (Lipinski definition) is 0. The number of fused-ring (bicyclic) bond motifs is 4. The van der Waals surface area contributed by atoms with E-state index in [9.17, 15) is 0 Å². The number of benzene rings is 7. The average molecular weight is 686 g/mol. The van der Waals surface area contributed by atoms with Crippen molar-refractivity contribution in [1.29, 1.82) is 0 Å². The third-order valence-corrected chi connectivity index (χ3v) is 12.7. The van der Waals surface area contributed by atoms with Crippen molar-refractivity contribution in [2.45, 2.75) is 12.8 Å². The first-order valence-corrected chi connectivity index (χ1v) is 19.3. The van der Waals surface area contributed by atoms with Gasteiger partial charge < -0.3 is 4.57 Å². The Hall–Kier alpha value is -6.15. The van der Waals surface area contributed by atoms with Crippen LogP contribution < -0.4 is 14.6 Å². The van der Waals surface area contributed by atoms with Gasteiger partial charge in [-0.15, -0.1) is 0 Å². The van der Waals surface area contributed by atoms with Gasteiger partial charge in [-0.25, -0.2) is 0 Å². The Bertz CT molecular complexity index is 2620. The normalized spacial score (nSPS) is 15.3. The van der Waals surface area contributed by atoms with Crippen LogP contribution in [0.5, 0.6) is 0 Å². The molecule has 0 amide bonds. The van der Waals surface area contributed by atoms with E-state index in [1.54, 1.807) is 0 Å². The molecule has 1 aromatic heterocycles. The number of para-hydroxylation sites is 3. The topological polar surface area (TPSA) is 11.4 Å². The molecular formula is C48H36N3P. The minimum atomic E-state index is -0.943. The first-order chi connectivity index (χ1) is 25.8. The van der Waals surface area contributed by atoms with Gasteiger partial charge in [0, 0.05) is 33.1 Å². The van der Waals surface area contributed by atoms with Crippen molar-refractivity contribution in [1.82, 2.24) is 4.57 Å². The van der Waals surface area contributed by atoms with Crippen LogP contribution in [0.3, 0.4) is 0 Å². The zero-order chi connectivity index (χ0) is 34.4. The lowest BCUT2D eigenvalue weighted by molar-refractivity contribution is 1.04. The predicted octanol–water partition coefficient (Wildman–Crippen LogP) is 13.1. The van der Waals surface area contributed by atoms with Crippen LogP contribution in [0.2, 0.25) is 0 Å². The molecule has 248 valence electrons. The summed E-state index contributed by atoms with van der Waals surface area (Å²) in [6.07, 6.45) is 9.14. The third-order valence-electron chi connectivity index (χ3n) is 10.3. The number of allylic oxidation sites excluding steroid dienone is 4.